The van der Waals surface area contributed by atoms with Gasteiger partial charge in [-0.3, -0.25) is 14.9 Å². The maximum Gasteiger partial charge on any atom is 0.270 e. The number of nitro benzene ring substituents is 1. The van der Waals surface area contributed by atoms with Gasteiger partial charge in [0.1, 0.15) is 6.07 Å². The Balaban J connectivity index is 1.52. The fourth-order valence-corrected chi connectivity index (χ4v) is 3.09. The van der Waals surface area contributed by atoms with Crippen molar-refractivity contribution >= 4 is 17.4 Å². The molecule has 0 atom stereocenters. The number of aromatic nitrogens is 2. The van der Waals surface area contributed by atoms with Gasteiger partial charge in [0.15, 0.2) is 11.5 Å². The number of carbonyl (C=O) groups is 1. The molecule has 0 unspecified atom stereocenters. The highest BCUT2D eigenvalue weighted by Crippen LogP contribution is 2.23. The minimum atomic E-state index is -0.519. The third-order valence-electron chi connectivity index (χ3n) is 4.57. The van der Waals surface area contributed by atoms with E-state index in [0.29, 0.717) is 24.0 Å². The molecule has 9 heteroatoms. The number of nitriles is 1. The number of nitrogens with zero attached hydrogens (tertiary/aromatic N) is 5. The van der Waals surface area contributed by atoms with Crippen LogP contribution in [-0.2, 0) is 0 Å². The van der Waals surface area contributed by atoms with Crippen molar-refractivity contribution in [2.45, 2.75) is 12.8 Å². The van der Waals surface area contributed by atoms with Gasteiger partial charge in [0.05, 0.1) is 4.92 Å². The lowest BCUT2D eigenvalue weighted by Crippen LogP contribution is -2.39. The van der Waals surface area contributed by atoms with E-state index < -0.39 is 4.92 Å². The van der Waals surface area contributed by atoms with E-state index in [1.807, 2.05) is 4.90 Å². The Hall–Kier alpha value is -3.54. The zero-order valence-electron chi connectivity index (χ0n) is 14.5. The fourth-order valence-electron chi connectivity index (χ4n) is 3.09. The van der Waals surface area contributed by atoms with E-state index in [0.717, 1.165) is 25.9 Å². The van der Waals surface area contributed by atoms with Crippen LogP contribution in [0.2, 0.25) is 0 Å². The Morgan fingerprint density at radius 2 is 2.07 bits per heavy atom. The van der Waals surface area contributed by atoms with Crippen molar-refractivity contribution in [2.24, 2.45) is 5.92 Å². The molecule has 0 radical (unpaired) electrons. The second-order valence-corrected chi connectivity index (χ2v) is 6.29. The molecule has 2 heterocycles. The van der Waals surface area contributed by atoms with Gasteiger partial charge in [0.25, 0.3) is 11.6 Å². The maximum atomic E-state index is 12.2. The van der Waals surface area contributed by atoms with Crippen molar-refractivity contribution < 1.29 is 9.72 Å². The number of amides is 1. The summed E-state index contributed by atoms with van der Waals surface area (Å²) in [6.07, 6.45) is 4.76. The van der Waals surface area contributed by atoms with Gasteiger partial charge >= 0.3 is 0 Å². The van der Waals surface area contributed by atoms with Gasteiger partial charge in [-0.05, 0) is 24.8 Å². The average Bonchev–Trinajstić information content (AvgIpc) is 2.72. The largest absolute Gasteiger partial charge is 0.354 e. The molecule has 1 aromatic heterocycles. The Bertz CT molecular complexity index is 887. The van der Waals surface area contributed by atoms with Gasteiger partial charge in [-0.25, -0.2) is 9.97 Å². The van der Waals surface area contributed by atoms with Crippen LogP contribution in [-0.4, -0.2) is 40.4 Å². The number of anilines is 1. The first-order valence-electron chi connectivity index (χ1n) is 8.57. The molecule has 0 spiro atoms. The first-order valence-corrected chi connectivity index (χ1v) is 8.57. The zero-order valence-corrected chi connectivity index (χ0v) is 14.5. The zero-order chi connectivity index (χ0) is 19.2. The van der Waals surface area contributed by atoms with Crippen LogP contribution in [0.1, 0.15) is 28.9 Å². The van der Waals surface area contributed by atoms with Gasteiger partial charge in [0.2, 0.25) is 0 Å². The minimum Gasteiger partial charge on any atom is -0.354 e. The van der Waals surface area contributed by atoms with E-state index in [9.17, 15) is 14.9 Å². The number of piperidine rings is 1. The molecular weight excluding hydrogens is 348 g/mol. The molecule has 9 nitrogen and oxygen atoms in total. The van der Waals surface area contributed by atoms with Gasteiger partial charge < -0.3 is 10.2 Å². The predicted molar refractivity (Wildman–Crippen MR) is 97.1 cm³/mol. The molecule has 1 amide bonds. The summed E-state index contributed by atoms with van der Waals surface area (Å²) in [5, 5.41) is 22.8. The second-order valence-electron chi connectivity index (χ2n) is 6.29. The van der Waals surface area contributed by atoms with Crippen molar-refractivity contribution in [2.75, 3.05) is 24.5 Å². The Morgan fingerprint density at radius 1 is 1.33 bits per heavy atom. The van der Waals surface area contributed by atoms with Gasteiger partial charge in [-0.2, -0.15) is 5.26 Å². The standard InChI is InChI=1S/C18H18N6O3/c19-11-16-17(21-7-6-20-16)23-8-4-13(5-9-23)12-22-18(25)14-2-1-3-15(10-14)24(26)27/h1-3,6-7,10,13H,4-5,8-9,12H2,(H,22,25). The predicted octanol–water partition coefficient (Wildman–Crippen LogP) is 1.90. The van der Waals surface area contributed by atoms with Crippen molar-refractivity contribution in [3.05, 3.63) is 58.0 Å². The molecule has 0 aliphatic carbocycles. The van der Waals surface area contributed by atoms with E-state index in [2.05, 4.69) is 21.4 Å². The number of benzene rings is 1. The van der Waals surface area contributed by atoms with E-state index >= 15 is 0 Å². The topological polar surface area (TPSA) is 125 Å². The van der Waals surface area contributed by atoms with Crippen LogP contribution in [0.15, 0.2) is 36.7 Å². The number of hydrogen-bond donors (Lipinski definition) is 1. The molecule has 138 valence electrons. The molecule has 1 aromatic carbocycles. The van der Waals surface area contributed by atoms with E-state index in [-0.39, 0.29) is 17.2 Å². The van der Waals surface area contributed by atoms with Gasteiger partial charge in [-0.1, -0.05) is 6.07 Å². The summed E-state index contributed by atoms with van der Waals surface area (Å²) in [6.45, 7) is 1.95. The first-order chi connectivity index (χ1) is 13.1. The summed E-state index contributed by atoms with van der Waals surface area (Å²) in [5.41, 5.74) is 0.489. The summed E-state index contributed by atoms with van der Waals surface area (Å²) in [6, 6.07) is 7.74. The number of non-ortho nitro benzene ring substituents is 1. The number of carbonyl (C=O) groups excluding carboxylic acids is 1. The molecule has 1 fully saturated rings. The van der Waals surface area contributed by atoms with Crippen LogP contribution in [0.3, 0.4) is 0 Å². The fraction of sp³-hybridized carbons (Fsp3) is 0.333. The SMILES string of the molecule is N#Cc1nccnc1N1CCC(CNC(=O)c2cccc([N+](=O)[O-])c2)CC1. The number of rotatable bonds is 5. The van der Waals surface area contributed by atoms with Gasteiger partial charge in [-0.15, -0.1) is 0 Å². The molecular formula is C18H18N6O3. The van der Waals surface area contributed by atoms with Crippen molar-refractivity contribution in [3.63, 3.8) is 0 Å². The molecule has 0 saturated carbocycles. The Labute approximate surface area is 155 Å². The van der Waals surface area contributed by atoms with Crippen molar-refractivity contribution in [3.8, 4) is 6.07 Å². The van der Waals surface area contributed by atoms with Crippen LogP contribution in [0.25, 0.3) is 0 Å². The number of hydrogen-bond acceptors (Lipinski definition) is 7. The molecule has 1 saturated heterocycles. The molecule has 1 N–H and O–H groups in total. The third-order valence-corrected chi connectivity index (χ3v) is 4.57. The lowest BCUT2D eigenvalue weighted by Gasteiger charge is -2.32. The normalized spacial score (nSPS) is 14.4. The third kappa shape index (κ3) is 4.36. The first kappa shape index (κ1) is 18.3. The van der Waals surface area contributed by atoms with Gasteiger partial charge in [0, 0.05) is 49.7 Å². The Morgan fingerprint density at radius 3 is 2.78 bits per heavy atom. The molecule has 0 bridgehead atoms. The number of nitro groups is 1. The summed E-state index contributed by atoms with van der Waals surface area (Å²) < 4.78 is 0. The lowest BCUT2D eigenvalue weighted by molar-refractivity contribution is -0.384. The summed E-state index contributed by atoms with van der Waals surface area (Å²) in [5.74, 6) is 0.576. The smallest absolute Gasteiger partial charge is 0.270 e. The summed E-state index contributed by atoms with van der Waals surface area (Å²) in [4.78, 5) is 32.8. The average molecular weight is 366 g/mol. The maximum absolute atomic E-state index is 12.2. The van der Waals surface area contributed by atoms with Crippen LogP contribution in [0, 0.1) is 27.4 Å². The quantitative estimate of drug-likeness (QED) is 0.633. The molecule has 27 heavy (non-hydrogen) atoms. The Kier molecular flexibility index (Phi) is 5.56. The van der Waals surface area contributed by atoms with Crippen molar-refractivity contribution in [1.29, 1.82) is 5.26 Å². The molecule has 3 rings (SSSR count). The molecule has 1 aliphatic rings. The van der Waals surface area contributed by atoms with Crippen LogP contribution < -0.4 is 10.2 Å². The van der Waals surface area contributed by atoms with Crippen LogP contribution in [0.4, 0.5) is 11.5 Å². The second kappa shape index (κ2) is 8.23. The summed E-state index contributed by atoms with van der Waals surface area (Å²) >= 11 is 0. The van der Waals surface area contributed by atoms with E-state index in [4.69, 9.17) is 5.26 Å². The van der Waals surface area contributed by atoms with E-state index in [1.165, 1.54) is 24.4 Å². The monoisotopic (exact) mass is 366 g/mol. The highest BCUT2D eigenvalue weighted by molar-refractivity contribution is 5.94. The van der Waals surface area contributed by atoms with E-state index in [1.54, 1.807) is 12.3 Å². The highest BCUT2D eigenvalue weighted by Gasteiger charge is 2.23. The number of nitrogens with one attached hydrogen (secondary N) is 1. The molecule has 2 aromatic rings. The lowest BCUT2D eigenvalue weighted by atomic mass is 9.96. The molecule has 1 aliphatic heterocycles. The minimum absolute atomic E-state index is 0.103. The van der Waals surface area contributed by atoms with Crippen LogP contribution in [0.5, 0.6) is 0 Å². The summed E-state index contributed by atoms with van der Waals surface area (Å²) in [7, 11) is 0. The van der Waals surface area contributed by atoms with Crippen molar-refractivity contribution in [1.82, 2.24) is 15.3 Å². The van der Waals surface area contributed by atoms with Crippen LogP contribution >= 0.6 is 0 Å². The highest BCUT2D eigenvalue weighted by atomic mass is 16.6.